The quantitative estimate of drug-likeness (QED) is 0.322. The summed E-state index contributed by atoms with van der Waals surface area (Å²) in [6.45, 7) is 5.41. The van der Waals surface area contributed by atoms with Gasteiger partial charge in [0.1, 0.15) is 6.54 Å². The van der Waals surface area contributed by atoms with Crippen molar-refractivity contribution in [2.45, 2.75) is 26.2 Å². The van der Waals surface area contributed by atoms with E-state index in [2.05, 4.69) is 20.6 Å². The van der Waals surface area contributed by atoms with Gasteiger partial charge in [-0.1, -0.05) is 11.6 Å². The Bertz CT molecular complexity index is 785. The molecular weight excluding hydrogens is 477 g/mol. The minimum Gasteiger partial charge on any atom is -0.361 e. The maximum Gasteiger partial charge on any atom is 0.244 e. The summed E-state index contributed by atoms with van der Waals surface area (Å²) in [6.07, 6.45) is 5.05. The maximum atomic E-state index is 12.1. The van der Waals surface area contributed by atoms with Gasteiger partial charge in [-0.15, -0.1) is 24.0 Å². The van der Waals surface area contributed by atoms with Crippen LogP contribution >= 0.6 is 35.6 Å². The predicted octanol–water partition coefficient (Wildman–Crippen LogP) is 3.16. The van der Waals surface area contributed by atoms with E-state index in [-0.39, 0.29) is 36.4 Å². The molecule has 1 aliphatic rings. The van der Waals surface area contributed by atoms with Crippen molar-refractivity contribution in [1.82, 2.24) is 20.5 Å². The van der Waals surface area contributed by atoms with E-state index in [1.54, 1.807) is 0 Å². The number of H-pyrrole nitrogens is 1. The van der Waals surface area contributed by atoms with Gasteiger partial charge in [-0.2, -0.15) is 0 Å². The molecule has 0 saturated carbocycles. The summed E-state index contributed by atoms with van der Waals surface area (Å²) in [6, 6.07) is 5.86. The highest BCUT2D eigenvalue weighted by Gasteiger charge is 2.17. The van der Waals surface area contributed by atoms with Crippen LogP contribution in [0.4, 0.5) is 0 Å². The Kier molecular flexibility index (Phi) is 8.69. The summed E-state index contributed by atoms with van der Waals surface area (Å²) in [7, 11) is 0. The first-order valence-corrected chi connectivity index (χ1v) is 9.60. The number of aromatic nitrogens is 1. The highest BCUT2D eigenvalue weighted by Crippen LogP contribution is 2.22. The van der Waals surface area contributed by atoms with Crippen LogP contribution in [0.15, 0.2) is 29.4 Å². The second-order valence-electron chi connectivity index (χ2n) is 6.46. The third-order valence-electron chi connectivity index (χ3n) is 4.59. The van der Waals surface area contributed by atoms with E-state index in [4.69, 9.17) is 11.6 Å². The molecule has 0 spiro atoms. The molecule has 1 fully saturated rings. The lowest BCUT2D eigenvalue weighted by Gasteiger charge is -2.15. The lowest BCUT2D eigenvalue weighted by atomic mass is 10.1. The van der Waals surface area contributed by atoms with Gasteiger partial charge in [0.05, 0.1) is 0 Å². The number of nitrogens with zero attached hydrogens (tertiary/aromatic N) is 2. The molecule has 0 aliphatic carbocycles. The summed E-state index contributed by atoms with van der Waals surface area (Å²) in [5, 5.41) is 8.38. The SMILES string of the molecule is CCNC(=NCC(=O)N1CCCC1)NCCc1c[nH]c2ccc(Cl)cc12.I. The molecule has 0 bridgehead atoms. The van der Waals surface area contributed by atoms with Crippen LogP contribution in [-0.2, 0) is 11.2 Å². The third-order valence-corrected chi connectivity index (χ3v) is 4.83. The zero-order chi connectivity index (χ0) is 18.4. The van der Waals surface area contributed by atoms with Crippen LogP contribution in [0.2, 0.25) is 5.02 Å². The van der Waals surface area contributed by atoms with Crippen molar-refractivity contribution < 1.29 is 4.79 Å². The van der Waals surface area contributed by atoms with Gasteiger partial charge in [-0.3, -0.25) is 4.79 Å². The van der Waals surface area contributed by atoms with Gasteiger partial charge in [0.25, 0.3) is 0 Å². The van der Waals surface area contributed by atoms with E-state index in [1.165, 1.54) is 5.56 Å². The molecule has 2 aromatic rings. The number of likely N-dealkylation sites (tertiary alicyclic amines) is 1. The Morgan fingerprint density at radius 1 is 1.30 bits per heavy atom. The van der Waals surface area contributed by atoms with E-state index >= 15 is 0 Å². The fourth-order valence-electron chi connectivity index (χ4n) is 3.23. The number of carbonyl (C=O) groups is 1. The number of benzene rings is 1. The van der Waals surface area contributed by atoms with Crippen molar-refractivity contribution in [2.75, 3.05) is 32.7 Å². The van der Waals surface area contributed by atoms with Gasteiger partial charge in [0.15, 0.2) is 5.96 Å². The smallest absolute Gasteiger partial charge is 0.244 e. The molecule has 1 saturated heterocycles. The van der Waals surface area contributed by atoms with Gasteiger partial charge in [0, 0.05) is 48.3 Å². The average Bonchev–Trinajstić information content (AvgIpc) is 3.29. The van der Waals surface area contributed by atoms with E-state index in [0.717, 1.165) is 61.4 Å². The standard InChI is InChI=1S/C19H26ClN5O.HI/c1-2-21-19(24-13-18(26)25-9-3-4-10-25)22-8-7-14-12-23-17-6-5-15(20)11-16(14)17;/h5-6,11-12,23H,2-4,7-10,13H2,1H3,(H2,21,22,24);1H. The molecule has 0 radical (unpaired) electrons. The molecule has 3 rings (SSSR count). The number of amides is 1. The molecule has 1 aliphatic heterocycles. The Balaban J connectivity index is 0.00000261. The fraction of sp³-hybridized carbons (Fsp3) is 0.474. The average molecular weight is 504 g/mol. The predicted molar refractivity (Wildman–Crippen MR) is 122 cm³/mol. The number of fused-ring (bicyclic) bond motifs is 1. The van der Waals surface area contributed by atoms with E-state index in [9.17, 15) is 4.79 Å². The van der Waals surface area contributed by atoms with E-state index in [0.29, 0.717) is 5.96 Å². The maximum absolute atomic E-state index is 12.1. The number of hydrogen-bond acceptors (Lipinski definition) is 2. The number of carbonyl (C=O) groups excluding carboxylic acids is 1. The van der Waals surface area contributed by atoms with Crippen LogP contribution in [0.1, 0.15) is 25.3 Å². The van der Waals surface area contributed by atoms with Crippen LogP contribution < -0.4 is 10.6 Å². The highest BCUT2D eigenvalue weighted by molar-refractivity contribution is 14.0. The number of aromatic amines is 1. The largest absolute Gasteiger partial charge is 0.361 e. The molecule has 148 valence electrons. The van der Waals surface area contributed by atoms with Crippen LogP contribution in [-0.4, -0.2) is 54.5 Å². The van der Waals surface area contributed by atoms with Crippen molar-refractivity contribution in [3.63, 3.8) is 0 Å². The van der Waals surface area contributed by atoms with Crippen molar-refractivity contribution in [3.8, 4) is 0 Å². The van der Waals surface area contributed by atoms with Crippen LogP contribution in [0, 0.1) is 0 Å². The summed E-state index contributed by atoms with van der Waals surface area (Å²) in [5.41, 5.74) is 2.29. The molecule has 3 N–H and O–H groups in total. The fourth-order valence-corrected chi connectivity index (χ4v) is 3.40. The van der Waals surface area contributed by atoms with Gasteiger partial charge in [-0.05, 0) is 49.9 Å². The van der Waals surface area contributed by atoms with Crippen molar-refractivity contribution in [2.24, 2.45) is 4.99 Å². The monoisotopic (exact) mass is 503 g/mol. The number of aliphatic imine (C=N–C) groups is 1. The number of halogens is 2. The lowest BCUT2D eigenvalue weighted by molar-refractivity contribution is -0.128. The van der Waals surface area contributed by atoms with Crippen LogP contribution in [0.5, 0.6) is 0 Å². The summed E-state index contributed by atoms with van der Waals surface area (Å²) in [5.74, 6) is 0.781. The first-order chi connectivity index (χ1) is 12.7. The molecule has 0 atom stereocenters. The molecule has 8 heteroatoms. The minimum atomic E-state index is 0. The van der Waals surface area contributed by atoms with Gasteiger partial charge >= 0.3 is 0 Å². The minimum absolute atomic E-state index is 0. The second kappa shape index (κ2) is 10.8. The number of rotatable bonds is 6. The second-order valence-corrected chi connectivity index (χ2v) is 6.90. The topological polar surface area (TPSA) is 72.5 Å². The van der Waals surface area contributed by atoms with Crippen LogP contribution in [0.3, 0.4) is 0 Å². The first kappa shape index (κ1) is 21.8. The van der Waals surface area contributed by atoms with Crippen molar-refractivity contribution in [1.29, 1.82) is 0 Å². The Labute approximate surface area is 182 Å². The van der Waals surface area contributed by atoms with Crippen molar-refractivity contribution >= 4 is 58.3 Å². The Morgan fingerprint density at radius 2 is 2.07 bits per heavy atom. The number of hydrogen-bond donors (Lipinski definition) is 3. The van der Waals surface area contributed by atoms with Crippen molar-refractivity contribution in [3.05, 3.63) is 35.0 Å². The normalized spacial score (nSPS) is 14.3. The molecule has 0 unspecified atom stereocenters. The van der Waals surface area contributed by atoms with Crippen LogP contribution in [0.25, 0.3) is 10.9 Å². The molecule has 1 amide bonds. The molecule has 6 nitrogen and oxygen atoms in total. The molecule has 27 heavy (non-hydrogen) atoms. The van der Waals surface area contributed by atoms with E-state index < -0.39 is 0 Å². The summed E-state index contributed by atoms with van der Waals surface area (Å²) >= 11 is 6.10. The molecular formula is C19H27ClIN5O. The number of guanidine groups is 1. The van der Waals surface area contributed by atoms with E-state index in [1.807, 2.05) is 36.2 Å². The van der Waals surface area contributed by atoms with Gasteiger partial charge in [0.2, 0.25) is 5.91 Å². The summed E-state index contributed by atoms with van der Waals surface area (Å²) in [4.78, 5) is 21.7. The zero-order valence-electron chi connectivity index (χ0n) is 15.6. The first-order valence-electron chi connectivity index (χ1n) is 9.23. The Morgan fingerprint density at radius 3 is 2.81 bits per heavy atom. The zero-order valence-corrected chi connectivity index (χ0v) is 18.6. The molecule has 2 heterocycles. The molecule has 1 aromatic heterocycles. The summed E-state index contributed by atoms with van der Waals surface area (Å²) < 4.78 is 0. The third kappa shape index (κ3) is 6.00. The van der Waals surface area contributed by atoms with Gasteiger partial charge in [-0.25, -0.2) is 4.99 Å². The van der Waals surface area contributed by atoms with Gasteiger partial charge < -0.3 is 20.5 Å². The highest BCUT2D eigenvalue weighted by atomic mass is 127. The number of nitrogens with one attached hydrogen (secondary N) is 3. The molecule has 1 aromatic carbocycles. The Hall–Kier alpha value is -1.48. The lowest BCUT2D eigenvalue weighted by Crippen LogP contribution is -2.39.